The van der Waals surface area contributed by atoms with E-state index in [-0.39, 0.29) is 10.8 Å². The number of carbonyl (C=O) groups is 1. The largest absolute Gasteiger partial charge is 0.271 e. The molecule has 0 saturated carbocycles. The van der Waals surface area contributed by atoms with Crippen molar-refractivity contribution in [3.63, 3.8) is 0 Å². The standard InChI is InChI=1S/C15H14N2O3S/c1-21(19,20)14-9-7-12(8-10-14)11-16-17-15(18)13-5-3-2-4-6-13/h2-11H,1H3,(H,17,18)/b16-11+. The lowest BCUT2D eigenvalue weighted by atomic mass is 10.2. The maximum atomic E-state index is 11.7. The molecule has 0 aliphatic heterocycles. The molecule has 0 unspecified atom stereocenters. The number of amides is 1. The summed E-state index contributed by atoms with van der Waals surface area (Å²) in [5.74, 6) is -0.306. The molecule has 2 rings (SSSR count). The molecule has 5 nitrogen and oxygen atoms in total. The molecule has 0 saturated heterocycles. The molecule has 0 fully saturated rings. The maximum absolute atomic E-state index is 11.7. The highest BCUT2D eigenvalue weighted by molar-refractivity contribution is 7.90. The highest BCUT2D eigenvalue weighted by Gasteiger charge is 2.05. The van der Waals surface area contributed by atoms with Gasteiger partial charge in [0.1, 0.15) is 0 Å². The Labute approximate surface area is 123 Å². The number of rotatable bonds is 4. The van der Waals surface area contributed by atoms with Crippen molar-refractivity contribution in [1.29, 1.82) is 0 Å². The highest BCUT2D eigenvalue weighted by atomic mass is 32.2. The van der Waals surface area contributed by atoms with E-state index in [9.17, 15) is 13.2 Å². The first-order chi connectivity index (χ1) is 9.97. The molecule has 0 aromatic heterocycles. The Morgan fingerprint density at radius 3 is 2.24 bits per heavy atom. The smallest absolute Gasteiger partial charge is 0.267 e. The second kappa shape index (κ2) is 6.32. The molecule has 0 radical (unpaired) electrons. The molecule has 1 amide bonds. The van der Waals surface area contributed by atoms with E-state index in [0.29, 0.717) is 11.1 Å². The fourth-order valence-corrected chi connectivity index (χ4v) is 2.25. The third kappa shape index (κ3) is 4.25. The van der Waals surface area contributed by atoms with Gasteiger partial charge in [0.05, 0.1) is 11.1 Å². The van der Waals surface area contributed by atoms with E-state index >= 15 is 0 Å². The summed E-state index contributed by atoms with van der Waals surface area (Å²) in [6, 6.07) is 15.0. The number of nitrogens with zero attached hydrogens (tertiary/aromatic N) is 1. The predicted octanol–water partition coefficient (Wildman–Crippen LogP) is 1.85. The number of hydrogen-bond donors (Lipinski definition) is 1. The van der Waals surface area contributed by atoms with Gasteiger partial charge in [-0.05, 0) is 29.8 Å². The Bertz CT molecular complexity index is 751. The Balaban J connectivity index is 2.00. The average Bonchev–Trinajstić information content (AvgIpc) is 2.47. The zero-order valence-corrected chi connectivity index (χ0v) is 12.2. The number of sulfone groups is 1. The van der Waals surface area contributed by atoms with Crippen molar-refractivity contribution < 1.29 is 13.2 Å². The Kier molecular flexibility index (Phi) is 4.49. The second-order valence-corrected chi connectivity index (χ2v) is 6.42. The summed E-state index contributed by atoms with van der Waals surface area (Å²) >= 11 is 0. The van der Waals surface area contributed by atoms with Gasteiger partial charge in [0.25, 0.3) is 5.91 Å². The number of carbonyl (C=O) groups excluding carboxylic acids is 1. The minimum Gasteiger partial charge on any atom is -0.267 e. The lowest BCUT2D eigenvalue weighted by molar-refractivity contribution is 0.0955. The van der Waals surface area contributed by atoms with E-state index in [1.807, 2.05) is 6.07 Å². The van der Waals surface area contributed by atoms with Gasteiger partial charge < -0.3 is 0 Å². The molecule has 0 spiro atoms. The minimum atomic E-state index is -3.20. The summed E-state index contributed by atoms with van der Waals surface area (Å²) in [7, 11) is -3.20. The lowest BCUT2D eigenvalue weighted by Gasteiger charge is -2.00. The molecule has 21 heavy (non-hydrogen) atoms. The Hall–Kier alpha value is -2.47. The van der Waals surface area contributed by atoms with Crippen LogP contribution in [-0.4, -0.2) is 26.8 Å². The summed E-state index contributed by atoms with van der Waals surface area (Å²) in [5.41, 5.74) is 3.61. The number of benzene rings is 2. The summed E-state index contributed by atoms with van der Waals surface area (Å²) in [5, 5.41) is 3.84. The minimum absolute atomic E-state index is 0.243. The first kappa shape index (κ1) is 14.9. The van der Waals surface area contributed by atoms with Gasteiger partial charge in [0.15, 0.2) is 9.84 Å². The van der Waals surface area contributed by atoms with E-state index < -0.39 is 9.84 Å². The van der Waals surface area contributed by atoms with Crippen LogP contribution in [0.15, 0.2) is 64.6 Å². The van der Waals surface area contributed by atoms with Crippen LogP contribution in [-0.2, 0) is 9.84 Å². The van der Waals surface area contributed by atoms with Crippen LogP contribution < -0.4 is 5.43 Å². The SMILES string of the molecule is CS(=O)(=O)c1ccc(/C=N/NC(=O)c2ccccc2)cc1. The molecule has 108 valence electrons. The quantitative estimate of drug-likeness (QED) is 0.692. The zero-order chi connectivity index (χ0) is 15.3. The number of hydrazone groups is 1. The molecule has 0 atom stereocenters. The maximum Gasteiger partial charge on any atom is 0.271 e. The topological polar surface area (TPSA) is 75.6 Å². The molecule has 1 N–H and O–H groups in total. The van der Waals surface area contributed by atoms with Gasteiger partial charge >= 0.3 is 0 Å². The fourth-order valence-electron chi connectivity index (χ4n) is 1.62. The van der Waals surface area contributed by atoms with Crippen LogP contribution in [0.2, 0.25) is 0 Å². The highest BCUT2D eigenvalue weighted by Crippen LogP contribution is 2.09. The fraction of sp³-hybridized carbons (Fsp3) is 0.0667. The van der Waals surface area contributed by atoms with Crippen molar-refractivity contribution in [2.45, 2.75) is 4.90 Å². The van der Waals surface area contributed by atoms with Crippen molar-refractivity contribution >= 4 is 22.0 Å². The summed E-state index contributed by atoms with van der Waals surface area (Å²) in [6.45, 7) is 0. The van der Waals surface area contributed by atoms with Gasteiger partial charge in [-0.2, -0.15) is 5.10 Å². The van der Waals surface area contributed by atoms with Crippen molar-refractivity contribution in [2.75, 3.05) is 6.26 Å². The lowest BCUT2D eigenvalue weighted by Crippen LogP contribution is -2.17. The zero-order valence-electron chi connectivity index (χ0n) is 11.4. The van der Waals surface area contributed by atoms with E-state index in [4.69, 9.17) is 0 Å². The monoisotopic (exact) mass is 302 g/mol. The predicted molar refractivity (Wildman–Crippen MR) is 81.1 cm³/mol. The molecule has 0 aliphatic rings. The van der Waals surface area contributed by atoms with Gasteiger partial charge in [-0.3, -0.25) is 4.79 Å². The molecule has 0 aliphatic carbocycles. The molecule has 2 aromatic carbocycles. The van der Waals surface area contributed by atoms with E-state index in [0.717, 1.165) is 6.26 Å². The third-order valence-electron chi connectivity index (χ3n) is 2.72. The first-order valence-corrected chi connectivity index (χ1v) is 8.04. The van der Waals surface area contributed by atoms with Gasteiger partial charge in [0, 0.05) is 11.8 Å². The summed E-state index contributed by atoms with van der Waals surface area (Å²) in [4.78, 5) is 12.0. The Morgan fingerprint density at radius 2 is 1.67 bits per heavy atom. The van der Waals surface area contributed by atoms with Crippen molar-refractivity contribution in [1.82, 2.24) is 5.43 Å². The first-order valence-electron chi connectivity index (χ1n) is 6.15. The number of nitrogens with one attached hydrogen (secondary N) is 1. The van der Waals surface area contributed by atoms with Crippen LogP contribution >= 0.6 is 0 Å². The second-order valence-electron chi connectivity index (χ2n) is 4.41. The molecule has 6 heteroatoms. The van der Waals surface area contributed by atoms with Crippen LogP contribution in [0.25, 0.3) is 0 Å². The third-order valence-corrected chi connectivity index (χ3v) is 3.85. The molecule has 0 heterocycles. The molecular formula is C15H14N2O3S. The molecule has 2 aromatic rings. The van der Waals surface area contributed by atoms with Gasteiger partial charge in [-0.15, -0.1) is 0 Å². The van der Waals surface area contributed by atoms with Crippen molar-refractivity contribution in [3.8, 4) is 0 Å². The summed E-state index contributed by atoms with van der Waals surface area (Å²) in [6.07, 6.45) is 2.60. The Morgan fingerprint density at radius 1 is 1.05 bits per heavy atom. The van der Waals surface area contributed by atoms with Crippen LogP contribution in [0.4, 0.5) is 0 Å². The van der Waals surface area contributed by atoms with Crippen molar-refractivity contribution in [3.05, 3.63) is 65.7 Å². The van der Waals surface area contributed by atoms with Gasteiger partial charge in [-0.25, -0.2) is 13.8 Å². The van der Waals surface area contributed by atoms with Gasteiger partial charge in [0.2, 0.25) is 0 Å². The van der Waals surface area contributed by atoms with Gasteiger partial charge in [-0.1, -0.05) is 30.3 Å². The van der Waals surface area contributed by atoms with Crippen molar-refractivity contribution in [2.24, 2.45) is 5.10 Å². The van der Waals surface area contributed by atoms with Crippen LogP contribution in [0.1, 0.15) is 15.9 Å². The van der Waals surface area contributed by atoms with Crippen LogP contribution in [0.5, 0.6) is 0 Å². The van der Waals surface area contributed by atoms with E-state index in [1.54, 1.807) is 36.4 Å². The average molecular weight is 302 g/mol. The summed E-state index contributed by atoms with van der Waals surface area (Å²) < 4.78 is 22.6. The van der Waals surface area contributed by atoms with Crippen LogP contribution in [0, 0.1) is 0 Å². The molecular weight excluding hydrogens is 288 g/mol. The van der Waals surface area contributed by atoms with Crippen LogP contribution in [0.3, 0.4) is 0 Å². The number of hydrogen-bond acceptors (Lipinski definition) is 4. The molecule has 0 bridgehead atoms. The van der Waals surface area contributed by atoms with E-state index in [1.165, 1.54) is 18.3 Å². The normalized spacial score (nSPS) is 11.5. The van der Waals surface area contributed by atoms with E-state index in [2.05, 4.69) is 10.5 Å².